The van der Waals surface area contributed by atoms with Gasteiger partial charge in [-0.3, -0.25) is 0 Å². The first kappa shape index (κ1) is 18.0. The van der Waals surface area contributed by atoms with E-state index >= 15 is 0 Å². The minimum absolute atomic E-state index is 0.484. The third kappa shape index (κ3) is 3.44. The number of hydrogen-bond donors (Lipinski definition) is 1. The highest BCUT2D eigenvalue weighted by molar-refractivity contribution is 6.35. The molecule has 4 heteroatoms. The molecule has 0 saturated heterocycles. The van der Waals surface area contributed by atoms with Crippen LogP contribution in [-0.4, -0.2) is 15.0 Å². The van der Waals surface area contributed by atoms with Gasteiger partial charge in [0.2, 0.25) is 0 Å². The topological polar surface area (TPSA) is 41.6 Å². The minimum atomic E-state index is 0.484. The van der Waals surface area contributed by atoms with Crippen molar-refractivity contribution in [2.45, 2.75) is 40.0 Å². The van der Waals surface area contributed by atoms with Gasteiger partial charge in [0.05, 0.1) is 5.52 Å². The fourth-order valence-electron chi connectivity index (χ4n) is 3.59. The van der Waals surface area contributed by atoms with Crippen LogP contribution in [0, 0.1) is 12.8 Å². The molecule has 0 fully saturated rings. The summed E-state index contributed by atoms with van der Waals surface area (Å²) in [5.74, 6) is 0.750. The monoisotopic (exact) mass is 377 g/mol. The Morgan fingerprint density at radius 3 is 2.81 bits per heavy atom. The lowest BCUT2D eigenvalue weighted by Gasteiger charge is -2.10. The van der Waals surface area contributed by atoms with Crippen LogP contribution in [0.3, 0.4) is 0 Å². The molecule has 1 atom stereocenters. The molecule has 4 rings (SSSR count). The second kappa shape index (κ2) is 7.32. The second-order valence-electron chi connectivity index (χ2n) is 7.50. The van der Waals surface area contributed by atoms with Gasteiger partial charge in [0.1, 0.15) is 5.65 Å². The van der Waals surface area contributed by atoms with Crippen molar-refractivity contribution in [2.24, 2.45) is 5.92 Å². The smallest absolute Gasteiger partial charge is 0.153 e. The van der Waals surface area contributed by atoms with Gasteiger partial charge in [-0.25, -0.2) is 9.97 Å². The van der Waals surface area contributed by atoms with E-state index in [9.17, 15) is 0 Å². The maximum Gasteiger partial charge on any atom is 0.153 e. The first-order valence-electron chi connectivity index (χ1n) is 9.58. The van der Waals surface area contributed by atoms with Crippen molar-refractivity contribution in [2.75, 3.05) is 0 Å². The van der Waals surface area contributed by atoms with Gasteiger partial charge in [0.25, 0.3) is 0 Å². The van der Waals surface area contributed by atoms with Crippen molar-refractivity contribution in [3.05, 3.63) is 59.0 Å². The molecule has 0 unspecified atom stereocenters. The molecule has 0 aliphatic carbocycles. The summed E-state index contributed by atoms with van der Waals surface area (Å²) in [5.41, 5.74) is 6.47. The van der Waals surface area contributed by atoms with E-state index in [1.165, 1.54) is 24.0 Å². The van der Waals surface area contributed by atoms with Crippen molar-refractivity contribution in [1.29, 1.82) is 0 Å². The molecule has 0 aliphatic rings. The molecule has 1 aromatic carbocycles. The van der Waals surface area contributed by atoms with E-state index in [0.717, 1.165) is 45.4 Å². The minimum Gasteiger partial charge on any atom is -0.337 e. The molecule has 3 nitrogen and oxygen atoms in total. The Balaban J connectivity index is 1.85. The summed E-state index contributed by atoms with van der Waals surface area (Å²) in [6, 6.07) is 11.0. The average molecular weight is 378 g/mol. The molecule has 3 aromatic heterocycles. The highest BCUT2D eigenvalue weighted by Crippen LogP contribution is 2.36. The summed E-state index contributed by atoms with van der Waals surface area (Å²) in [6.07, 6.45) is 7.29. The molecule has 1 N–H and O–H groups in total. The Kier molecular flexibility index (Phi) is 4.88. The Hall–Kier alpha value is -2.39. The fraction of sp³-hybridized carbons (Fsp3) is 0.304. The van der Waals surface area contributed by atoms with Gasteiger partial charge in [-0.05, 0) is 48.4 Å². The Morgan fingerprint density at radius 1 is 1.15 bits per heavy atom. The molecule has 27 heavy (non-hydrogen) atoms. The maximum atomic E-state index is 6.39. The molecular weight excluding hydrogens is 354 g/mol. The molecule has 0 bridgehead atoms. The summed E-state index contributed by atoms with van der Waals surface area (Å²) in [6.45, 7) is 6.63. The third-order valence-corrected chi connectivity index (χ3v) is 5.72. The number of hydrogen-bond acceptors (Lipinski definition) is 2. The van der Waals surface area contributed by atoms with Gasteiger partial charge in [-0.2, -0.15) is 0 Å². The lowest BCUT2D eigenvalue weighted by molar-refractivity contribution is 0.516. The van der Waals surface area contributed by atoms with E-state index in [1.807, 2.05) is 12.4 Å². The van der Waals surface area contributed by atoms with Crippen LogP contribution in [0.5, 0.6) is 0 Å². The Morgan fingerprint density at radius 2 is 2.00 bits per heavy atom. The molecule has 138 valence electrons. The predicted octanol–water partition coefficient (Wildman–Crippen LogP) is 6.72. The number of aryl methyl sites for hydroxylation is 2. The third-order valence-electron chi connectivity index (χ3n) is 5.43. The van der Waals surface area contributed by atoms with Crippen molar-refractivity contribution in [3.8, 4) is 11.1 Å². The van der Waals surface area contributed by atoms with E-state index in [4.69, 9.17) is 11.6 Å². The lowest BCUT2D eigenvalue weighted by Crippen LogP contribution is -1.95. The van der Waals surface area contributed by atoms with Crippen LogP contribution in [0.4, 0.5) is 0 Å². The van der Waals surface area contributed by atoms with Gasteiger partial charge in [-0.15, -0.1) is 0 Å². The van der Waals surface area contributed by atoms with Crippen molar-refractivity contribution in [3.63, 3.8) is 0 Å². The first-order chi connectivity index (χ1) is 13.1. The standard InChI is InChI=1S/C23H24ClN3/c1-4-14(2)8-9-16-6-5-7-17(11-16)19-13-25-22(24)21-20(19)18-10-15(3)12-26-23(18)27-21/h5-7,10-14H,4,8-9H2,1-3H3,(H,26,27)/t14-/m0/s1. The summed E-state index contributed by atoms with van der Waals surface area (Å²) >= 11 is 6.39. The Labute approximate surface area is 164 Å². The number of nitrogens with zero attached hydrogens (tertiary/aromatic N) is 2. The summed E-state index contributed by atoms with van der Waals surface area (Å²) in [4.78, 5) is 12.3. The first-order valence-corrected chi connectivity index (χ1v) is 9.96. The molecular formula is C23H24ClN3. The Bertz CT molecular complexity index is 1110. The largest absolute Gasteiger partial charge is 0.337 e. The average Bonchev–Trinajstić information content (AvgIpc) is 3.06. The highest BCUT2D eigenvalue weighted by atomic mass is 35.5. The van der Waals surface area contributed by atoms with Crippen LogP contribution in [-0.2, 0) is 6.42 Å². The number of aromatic nitrogens is 3. The number of nitrogens with one attached hydrogen (secondary N) is 1. The maximum absolute atomic E-state index is 6.39. The molecule has 0 amide bonds. The van der Waals surface area contributed by atoms with Crippen LogP contribution in [0.2, 0.25) is 5.15 Å². The van der Waals surface area contributed by atoms with Crippen LogP contribution >= 0.6 is 11.6 Å². The summed E-state index contributed by atoms with van der Waals surface area (Å²) in [5, 5.41) is 2.67. The summed E-state index contributed by atoms with van der Waals surface area (Å²) in [7, 11) is 0. The van der Waals surface area contributed by atoms with Gasteiger partial charge in [0, 0.05) is 28.7 Å². The molecule has 0 saturated carbocycles. The molecule has 3 heterocycles. The zero-order valence-electron chi connectivity index (χ0n) is 16.0. The van der Waals surface area contributed by atoms with Gasteiger partial charge < -0.3 is 4.98 Å². The van der Waals surface area contributed by atoms with E-state index in [-0.39, 0.29) is 0 Å². The van der Waals surface area contributed by atoms with Crippen LogP contribution in [0.15, 0.2) is 42.7 Å². The highest BCUT2D eigenvalue weighted by Gasteiger charge is 2.15. The van der Waals surface area contributed by atoms with Crippen molar-refractivity contribution in [1.82, 2.24) is 15.0 Å². The zero-order valence-corrected chi connectivity index (χ0v) is 16.8. The van der Waals surface area contributed by atoms with Crippen LogP contribution in [0.25, 0.3) is 33.1 Å². The second-order valence-corrected chi connectivity index (χ2v) is 7.86. The predicted molar refractivity (Wildman–Crippen MR) is 114 cm³/mol. The normalized spacial score (nSPS) is 12.7. The SMILES string of the molecule is CC[C@H](C)CCc1cccc(-c2cnc(Cl)c3[nH]c4ncc(C)cc4c23)c1. The molecule has 0 aliphatic heterocycles. The number of fused-ring (bicyclic) bond motifs is 3. The number of pyridine rings is 2. The van der Waals surface area contributed by atoms with Crippen molar-refractivity contribution < 1.29 is 0 Å². The van der Waals surface area contributed by atoms with E-state index in [1.54, 1.807) is 0 Å². The quantitative estimate of drug-likeness (QED) is 0.392. The number of benzene rings is 1. The van der Waals surface area contributed by atoms with E-state index in [2.05, 4.69) is 66.1 Å². The van der Waals surface area contributed by atoms with Crippen LogP contribution < -0.4 is 0 Å². The molecule has 0 spiro atoms. The fourth-order valence-corrected chi connectivity index (χ4v) is 3.78. The zero-order chi connectivity index (χ0) is 19.0. The number of rotatable bonds is 5. The van der Waals surface area contributed by atoms with Gasteiger partial charge in [-0.1, -0.05) is 56.1 Å². The van der Waals surface area contributed by atoms with Crippen molar-refractivity contribution >= 4 is 33.5 Å². The van der Waals surface area contributed by atoms with Gasteiger partial charge in [0.15, 0.2) is 5.15 Å². The number of aromatic amines is 1. The summed E-state index contributed by atoms with van der Waals surface area (Å²) < 4.78 is 0. The van der Waals surface area contributed by atoms with E-state index < -0.39 is 0 Å². The molecule has 0 radical (unpaired) electrons. The van der Waals surface area contributed by atoms with Gasteiger partial charge >= 0.3 is 0 Å². The lowest BCUT2D eigenvalue weighted by atomic mass is 9.95. The number of halogens is 1. The molecule has 4 aromatic rings. The van der Waals surface area contributed by atoms with E-state index in [0.29, 0.717) is 5.15 Å². The van der Waals surface area contributed by atoms with Crippen LogP contribution in [0.1, 0.15) is 37.8 Å². The number of H-pyrrole nitrogens is 1.